The van der Waals surface area contributed by atoms with Crippen LogP contribution in [0.3, 0.4) is 0 Å². The maximum Gasteiger partial charge on any atom is 0.0926 e. The van der Waals surface area contributed by atoms with E-state index in [1.165, 1.54) is 5.56 Å². The van der Waals surface area contributed by atoms with E-state index in [1.54, 1.807) is 0 Å². The van der Waals surface area contributed by atoms with Crippen molar-refractivity contribution in [1.82, 2.24) is 0 Å². The number of halogens is 2. The van der Waals surface area contributed by atoms with Crippen molar-refractivity contribution in [2.24, 2.45) is 0 Å². The minimum absolute atomic E-state index is 0.0175. The van der Waals surface area contributed by atoms with Gasteiger partial charge in [0.25, 0.3) is 0 Å². The third-order valence-corrected chi connectivity index (χ3v) is 3.48. The highest BCUT2D eigenvalue weighted by Crippen LogP contribution is 2.23. The van der Waals surface area contributed by atoms with E-state index in [0.29, 0.717) is 6.61 Å². The van der Waals surface area contributed by atoms with Crippen LogP contribution < -0.4 is 0 Å². The molecular formula is C15H14BrClO. The van der Waals surface area contributed by atoms with E-state index in [-0.39, 0.29) is 6.10 Å². The maximum absolute atomic E-state index is 5.99. The fourth-order valence-electron chi connectivity index (χ4n) is 1.71. The molecule has 0 bridgehead atoms. The van der Waals surface area contributed by atoms with Gasteiger partial charge >= 0.3 is 0 Å². The van der Waals surface area contributed by atoms with E-state index in [2.05, 4.69) is 28.1 Å². The molecule has 0 saturated carbocycles. The van der Waals surface area contributed by atoms with E-state index in [1.807, 2.05) is 42.5 Å². The fraction of sp³-hybridized carbons (Fsp3) is 0.200. The SMILES string of the molecule is Clc1cccc(C(CBr)OCc2ccccc2)c1. The average molecular weight is 326 g/mol. The first kappa shape index (κ1) is 13.6. The lowest BCUT2D eigenvalue weighted by molar-refractivity contribution is 0.0566. The lowest BCUT2D eigenvalue weighted by Crippen LogP contribution is -2.05. The van der Waals surface area contributed by atoms with Gasteiger partial charge in [0.1, 0.15) is 0 Å². The summed E-state index contributed by atoms with van der Waals surface area (Å²) in [5, 5.41) is 1.49. The maximum atomic E-state index is 5.99. The summed E-state index contributed by atoms with van der Waals surface area (Å²) in [4.78, 5) is 0. The molecule has 94 valence electrons. The summed E-state index contributed by atoms with van der Waals surface area (Å²) in [5.74, 6) is 0. The highest BCUT2D eigenvalue weighted by Gasteiger charge is 2.10. The van der Waals surface area contributed by atoms with Gasteiger partial charge in [0, 0.05) is 10.4 Å². The van der Waals surface area contributed by atoms with Gasteiger partial charge in [0.15, 0.2) is 0 Å². The van der Waals surface area contributed by atoms with Gasteiger partial charge in [-0.2, -0.15) is 0 Å². The second-order valence-electron chi connectivity index (χ2n) is 3.99. The Morgan fingerprint density at radius 1 is 1.06 bits per heavy atom. The standard InChI is InChI=1S/C15H14BrClO/c16-10-15(13-7-4-8-14(17)9-13)18-11-12-5-2-1-3-6-12/h1-9,15H,10-11H2. The molecule has 0 fully saturated rings. The summed E-state index contributed by atoms with van der Waals surface area (Å²) in [5.41, 5.74) is 2.26. The van der Waals surface area contributed by atoms with Crippen molar-refractivity contribution in [2.45, 2.75) is 12.7 Å². The van der Waals surface area contributed by atoms with E-state index in [0.717, 1.165) is 15.9 Å². The number of hydrogen-bond donors (Lipinski definition) is 0. The van der Waals surface area contributed by atoms with Crippen molar-refractivity contribution in [3.8, 4) is 0 Å². The average Bonchev–Trinajstić information content (AvgIpc) is 2.41. The van der Waals surface area contributed by atoms with Gasteiger partial charge in [-0.05, 0) is 23.3 Å². The Kier molecular flexibility index (Phi) is 5.24. The third kappa shape index (κ3) is 3.84. The number of alkyl halides is 1. The van der Waals surface area contributed by atoms with Crippen molar-refractivity contribution in [2.75, 3.05) is 5.33 Å². The molecule has 0 radical (unpaired) electrons. The number of benzene rings is 2. The first-order valence-electron chi connectivity index (χ1n) is 5.76. The van der Waals surface area contributed by atoms with Crippen LogP contribution in [0.25, 0.3) is 0 Å². The largest absolute Gasteiger partial charge is 0.368 e. The van der Waals surface area contributed by atoms with E-state index in [4.69, 9.17) is 16.3 Å². The Morgan fingerprint density at radius 3 is 2.50 bits per heavy atom. The summed E-state index contributed by atoms with van der Waals surface area (Å²) in [6.07, 6.45) is 0.0175. The molecule has 1 atom stereocenters. The summed E-state index contributed by atoms with van der Waals surface area (Å²) < 4.78 is 5.91. The molecule has 0 N–H and O–H groups in total. The molecule has 0 amide bonds. The zero-order valence-electron chi connectivity index (χ0n) is 9.85. The number of hydrogen-bond acceptors (Lipinski definition) is 1. The number of rotatable bonds is 5. The molecule has 1 nitrogen and oxygen atoms in total. The van der Waals surface area contributed by atoms with Crippen LogP contribution in [-0.2, 0) is 11.3 Å². The molecule has 0 aliphatic rings. The lowest BCUT2D eigenvalue weighted by atomic mass is 10.1. The van der Waals surface area contributed by atoms with Crippen LogP contribution in [0.2, 0.25) is 5.02 Å². The van der Waals surface area contributed by atoms with E-state index in [9.17, 15) is 0 Å². The molecule has 0 saturated heterocycles. The van der Waals surface area contributed by atoms with Gasteiger partial charge in [-0.15, -0.1) is 0 Å². The van der Waals surface area contributed by atoms with Crippen LogP contribution in [0.15, 0.2) is 54.6 Å². The molecule has 18 heavy (non-hydrogen) atoms. The van der Waals surface area contributed by atoms with Crippen molar-refractivity contribution >= 4 is 27.5 Å². The van der Waals surface area contributed by atoms with Crippen molar-refractivity contribution in [3.63, 3.8) is 0 Å². The second kappa shape index (κ2) is 6.93. The molecule has 1 unspecified atom stereocenters. The van der Waals surface area contributed by atoms with Crippen LogP contribution in [0.5, 0.6) is 0 Å². The van der Waals surface area contributed by atoms with E-state index < -0.39 is 0 Å². The molecule has 2 aromatic rings. The first-order valence-corrected chi connectivity index (χ1v) is 7.26. The highest BCUT2D eigenvalue weighted by molar-refractivity contribution is 9.09. The first-order chi connectivity index (χ1) is 8.79. The molecule has 0 heterocycles. The van der Waals surface area contributed by atoms with Gasteiger partial charge in [-0.3, -0.25) is 0 Å². The van der Waals surface area contributed by atoms with Crippen LogP contribution in [0.4, 0.5) is 0 Å². The van der Waals surface area contributed by atoms with E-state index >= 15 is 0 Å². The molecule has 3 heteroatoms. The van der Waals surface area contributed by atoms with Crippen LogP contribution in [0, 0.1) is 0 Å². The Morgan fingerprint density at radius 2 is 1.83 bits per heavy atom. The zero-order valence-corrected chi connectivity index (χ0v) is 12.2. The summed E-state index contributed by atoms with van der Waals surface area (Å²) >= 11 is 9.47. The summed E-state index contributed by atoms with van der Waals surface area (Å²) in [6.45, 7) is 0.601. The number of ether oxygens (including phenoxy) is 1. The van der Waals surface area contributed by atoms with Crippen LogP contribution >= 0.6 is 27.5 Å². The summed E-state index contributed by atoms with van der Waals surface area (Å²) in [7, 11) is 0. The Labute approximate surface area is 121 Å². The molecule has 0 spiro atoms. The molecule has 0 aromatic heterocycles. The van der Waals surface area contributed by atoms with Crippen molar-refractivity contribution < 1.29 is 4.74 Å². The molecule has 0 aliphatic heterocycles. The quantitative estimate of drug-likeness (QED) is 0.703. The Hall–Kier alpha value is -0.830. The van der Waals surface area contributed by atoms with Gasteiger partial charge in [-0.1, -0.05) is 70.0 Å². The second-order valence-corrected chi connectivity index (χ2v) is 5.08. The molecule has 0 aliphatic carbocycles. The Balaban J connectivity index is 2.02. The van der Waals surface area contributed by atoms with Gasteiger partial charge < -0.3 is 4.74 Å². The topological polar surface area (TPSA) is 9.23 Å². The van der Waals surface area contributed by atoms with Crippen molar-refractivity contribution in [3.05, 3.63) is 70.7 Å². The predicted molar refractivity (Wildman–Crippen MR) is 79.2 cm³/mol. The van der Waals surface area contributed by atoms with Crippen LogP contribution in [-0.4, -0.2) is 5.33 Å². The highest BCUT2D eigenvalue weighted by atomic mass is 79.9. The minimum atomic E-state index is 0.0175. The minimum Gasteiger partial charge on any atom is -0.368 e. The normalized spacial score (nSPS) is 12.3. The molecule has 2 aromatic carbocycles. The monoisotopic (exact) mass is 324 g/mol. The van der Waals surface area contributed by atoms with Gasteiger partial charge in [0.2, 0.25) is 0 Å². The van der Waals surface area contributed by atoms with Gasteiger partial charge in [-0.25, -0.2) is 0 Å². The molecule has 2 rings (SSSR count). The Bertz CT molecular complexity index is 487. The smallest absolute Gasteiger partial charge is 0.0926 e. The molecular weight excluding hydrogens is 312 g/mol. The zero-order chi connectivity index (χ0) is 12.8. The van der Waals surface area contributed by atoms with Crippen molar-refractivity contribution in [1.29, 1.82) is 0 Å². The van der Waals surface area contributed by atoms with Crippen LogP contribution in [0.1, 0.15) is 17.2 Å². The predicted octanol–water partition coefficient (Wildman–Crippen LogP) is 4.99. The lowest BCUT2D eigenvalue weighted by Gasteiger charge is -2.16. The fourth-order valence-corrected chi connectivity index (χ4v) is 2.47. The summed E-state index contributed by atoms with van der Waals surface area (Å²) in [6, 6.07) is 17.9. The third-order valence-electron chi connectivity index (χ3n) is 2.65. The van der Waals surface area contributed by atoms with Gasteiger partial charge in [0.05, 0.1) is 12.7 Å².